The number of anilines is 3. The van der Waals surface area contributed by atoms with E-state index in [0.717, 1.165) is 0 Å². The monoisotopic (exact) mass is 392 g/mol. The zero-order valence-electron chi connectivity index (χ0n) is 10.0. The van der Waals surface area contributed by atoms with Crippen molar-refractivity contribution in [1.29, 1.82) is 0 Å². The maximum Gasteiger partial charge on any atom is 0.139 e. The fourth-order valence-electron chi connectivity index (χ4n) is 1.56. The minimum absolute atomic E-state index is 0.321. The highest BCUT2D eigenvalue weighted by Crippen LogP contribution is 2.31. The van der Waals surface area contributed by atoms with Crippen LogP contribution in [0, 0.1) is 9.39 Å². The van der Waals surface area contributed by atoms with E-state index in [2.05, 4.69) is 5.32 Å². The van der Waals surface area contributed by atoms with E-state index in [1.54, 1.807) is 24.3 Å². The van der Waals surface area contributed by atoms with E-state index in [1.807, 2.05) is 22.6 Å². The van der Waals surface area contributed by atoms with Crippen LogP contribution in [-0.2, 0) is 0 Å². The Morgan fingerprint density at radius 2 is 2.05 bits per heavy atom. The molecule has 0 unspecified atom stereocenters. The van der Waals surface area contributed by atoms with Crippen LogP contribution < -0.4 is 15.8 Å². The molecule has 0 saturated carbocycles. The molecule has 0 heterocycles. The second kappa shape index (κ2) is 5.83. The van der Waals surface area contributed by atoms with Crippen LogP contribution in [0.5, 0.6) is 5.75 Å². The topological polar surface area (TPSA) is 47.3 Å². The lowest BCUT2D eigenvalue weighted by Gasteiger charge is -2.12. The van der Waals surface area contributed by atoms with Crippen LogP contribution in [0.2, 0.25) is 5.02 Å². The van der Waals surface area contributed by atoms with Gasteiger partial charge < -0.3 is 15.8 Å². The number of nitrogens with one attached hydrogen (secondary N) is 1. The van der Waals surface area contributed by atoms with Gasteiger partial charge >= 0.3 is 0 Å². The van der Waals surface area contributed by atoms with Gasteiger partial charge in [-0.1, -0.05) is 11.6 Å². The average molecular weight is 393 g/mol. The number of ether oxygens (including phenoxy) is 1. The van der Waals surface area contributed by atoms with Crippen molar-refractivity contribution < 1.29 is 9.13 Å². The number of nitrogens with two attached hydrogens (primary N) is 1. The highest BCUT2D eigenvalue weighted by Gasteiger charge is 2.08. The Hall–Kier alpha value is -1.21. The SMILES string of the molecule is COc1cc(Nc2cc(F)c(I)cc2N)ccc1Cl. The largest absolute Gasteiger partial charge is 0.495 e. The van der Waals surface area contributed by atoms with E-state index >= 15 is 0 Å². The highest BCUT2D eigenvalue weighted by molar-refractivity contribution is 14.1. The molecule has 0 fully saturated rings. The smallest absolute Gasteiger partial charge is 0.139 e. The summed E-state index contributed by atoms with van der Waals surface area (Å²) in [4.78, 5) is 0. The predicted octanol–water partition coefficient (Wildman–Crippen LogP) is 4.42. The molecular formula is C13H11ClFIN2O. The molecule has 100 valence electrons. The lowest BCUT2D eigenvalue weighted by atomic mass is 10.2. The van der Waals surface area contributed by atoms with E-state index in [9.17, 15) is 4.39 Å². The van der Waals surface area contributed by atoms with Crippen molar-refractivity contribution in [2.75, 3.05) is 18.2 Å². The van der Waals surface area contributed by atoms with Gasteiger partial charge in [-0.25, -0.2) is 4.39 Å². The third kappa shape index (κ3) is 3.22. The van der Waals surface area contributed by atoms with E-state index in [1.165, 1.54) is 13.2 Å². The summed E-state index contributed by atoms with van der Waals surface area (Å²) in [5.41, 5.74) is 7.54. The summed E-state index contributed by atoms with van der Waals surface area (Å²) in [5.74, 6) is 0.217. The minimum Gasteiger partial charge on any atom is -0.495 e. The molecule has 2 aromatic rings. The number of hydrogen-bond donors (Lipinski definition) is 2. The van der Waals surface area contributed by atoms with E-state index in [4.69, 9.17) is 22.1 Å². The van der Waals surface area contributed by atoms with Gasteiger partial charge in [0.2, 0.25) is 0 Å². The third-order valence-electron chi connectivity index (χ3n) is 2.52. The first-order valence-electron chi connectivity index (χ1n) is 5.36. The Morgan fingerprint density at radius 1 is 1.32 bits per heavy atom. The highest BCUT2D eigenvalue weighted by atomic mass is 127. The van der Waals surface area contributed by atoms with Crippen molar-refractivity contribution in [3.8, 4) is 5.75 Å². The lowest BCUT2D eigenvalue weighted by molar-refractivity contribution is 0.415. The number of nitrogen functional groups attached to an aromatic ring is 1. The summed E-state index contributed by atoms with van der Waals surface area (Å²) in [7, 11) is 1.53. The summed E-state index contributed by atoms with van der Waals surface area (Å²) in [6.45, 7) is 0. The molecule has 0 aliphatic rings. The molecule has 19 heavy (non-hydrogen) atoms. The molecule has 2 rings (SSSR count). The first-order chi connectivity index (χ1) is 9.01. The lowest BCUT2D eigenvalue weighted by Crippen LogP contribution is -1.99. The van der Waals surface area contributed by atoms with Gasteiger partial charge in [0, 0.05) is 17.8 Å². The van der Waals surface area contributed by atoms with Gasteiger partial charge in [0.15, 0.2) is 0 Å². The summed E-state index contributed by atoms with van der Waals surface area (Å²) >= 11 is 7.83. The third-order valence-corrected chi connectivity index (χ3v) is 3.66. The normalized spacial score (nSPS) is 10.3. The van der Waals surface area contributed by atoms with Gasteiger partial charge in [-0.15, -0.1) is 0 Å². The van der Waals surface area contributed by atoms with Crippen molar-refractivity contribution in [3.05, 3.63) is 44.7 Å². The fourth-order valence-corrected chi connectivity index (χ4v) is 2.25. The summed E-state index contributed by atoms with van der Waals surface area (Å²) in [6.07, 6.45) is 0. The predicted molar refractivity (Wildman–Crippen MR) is 84.8 cm³/mol. The number of rotatable bonds is 3. The van der Waals surface area contributed by atoms with Gasteiger partial charge in [0.05, 0.1) is 27.1 Å². The molecule has 0 amide bonds. The Morgan fingerprint density at radius 3 is 2.74 bits per heavy atom. The zero-order chi connectivity index (χ0) is 14.0. The van der Waals surface area contributed by atoms with Gasteiger partial charge in [-0.2, -0.15) is 0 Å². The van der Waals surface area contributed by atoms with Crippen LogP contribution in [0.4, 0.5) is 21.5 Å². The molecule has 3 N–H and O–H groups in total. The van der Waals surface area contributed by atoms with Gasteiger partial charge in [0.1, 0.15) is 11.6 Å². The van der Waals surface area contributed by atoms with Gasteiger partial charge in [-0.3, -0.25) is 0 Å². The van der Waals surface area contributed by atoms with Crippen LogP contribution in [0.25, 0.3) is 0 Å². The maximum absolute atomic E-state index is 13.5. The van der Waals surface area contributed by atoms with Gasteiger partial charge in [-0.05, 0) is 40.8 Å². The summed E-state index contributed by atoms with van der Waals surface area (Å²) in [5, 5.41) is 3.54. The maximum atomic E-state index is 13.5. The molecule has 0 aromatic heterocycles. The van der Waals surface area contributed by atoms with E-state index in [0.29, 0.717) is 31.4 Å². The number of halogens is 3. The van der Waals surface area contributed by atoms with Crippen molar-refractivity contribution >= 4 is 51.3 Å². The first-order valence-corrected chi connectivity index (χ1v) is 6.82. The first kappa shape index (κ1) is 14.2. The average Bonchev–Trinajstić information content (AvgIpc) is 2.38. The molecule has 0 aliphatic carbocycles. The molecule has 3 nitrogen and oxygen atoms in total. The zero-order valence-corrected chi connectivity index (χ0v) is 12.9. The second-order valence-corrected chi connectivity index (χ2v) is 5.40. The molecule has 0 saturated heterocycles. The number of hydrogen-bond acceptors (Lipinski definition) is 3. The molecule has 0 radical (unpaired) electrons. The molecule has 0 aliphatic heterocycles. The number of benzene rings is 2. The Labute approximate surface area is 129 Å². The second-order valence-electron chi connectivity index (χ2n) is 3.83. The fraction of sp³-hybridized carbons (Fsp3) is 0.0769. The molecule has 0 atom stereocenters. The Kier molecular flexibility index (Phi) is 4.36. The van der Waals surface area contributed by atoms with Crippen LogP contribution in [0.15, 0.2) is 30.3 Å². The van der Waals surface area contributed by atoms with Crippen LogP contribution in [0.1, 0.15) is 0 Å². The van der Waals surface area contributed by atoms with Crippen molar-refractivity contribution in [1.82, 2.24) is 0 Å². The molecule has 6 heteroatoms. The minimum atomic E-state index is -0.321. The molecular weight excluding hydrogens is 382 g/mol. The Balaban J connectivity index is 2.33. The van der Waals surface area contributed by atoms with Crippen molar-refractivity contribution in [2.45, 2.75) is 0 Å². The molecule has 0 spiro atoms. The van der Waals surface area contributed by atoms with E-state index in [-0.39, 0.29) is 5.82 Å². The van der Waals surface area contributed by atoms with Gasteiger partial charge in [0.25, 0.3) is 0 Å². The molecule has 0 bridgehead atoms. The summed E-state index contributed by atoms with van der Waals surface area (Å²) < 4.78 is 19.1. The molecule has 2 aromatic carbocycles. The van der Waals surface area contributed by atoms with E-state index < -0.39 is 0 Å². The van der Waals surface area contributed by atoms with Crippen LogP contribution in [-0.4, -0.2) is 7.11 Å². The van der Waals surface area contributed by atoms with Crippen LogP contribution in [0.3, 0.4) is 0 Å². The Bertz CT molecular complexity index is 622. The standard InChI is InChI=1S/C13H11ClFIN2O/c1-19-13-4-7(2-3-8(13)14)18-12-5-9(15)10(16)6-11(12)17/h2-6,18H,17H2,1H3. The number of methoxy groups -OCH3 is 1. The van der Waals surface area contributed by atoms with Crippen LogP contribution >= 0.6 is 34.2 Å². The summed E-state index contributed by atoms with van der Waals surface area (Å²) in [6, 6.07) is 8.11. The van der Waals surface area contributed by atoms with Crippen molar-refractivity contribution in [2.24, 2.45) is 0 Å². The quantitative estimate of drug-likeness (QED) is 0.600. The van der Waals surface area contributed by atoms with Crippen molar-refractivity contribution in [3.63, 3.8) is 0 Å².